The van der Waals surface area contributed by atoms with Crippen LogP contribution in [-0.2, 0) is 5.41 Å². The third kappa shape index (κ3) is 5.75. The fraction of sp³-hybridized carbons (Fsp3) is 0.0566. The Labute approximate surface area is 322 Å². The summed E-state index contributed by atoms with van der Waals surface area (Å²) < 4.78 is 0. The van der Waals surface area contributed by atoms with E-state index < -0.39 is 0 Å². The van der Waals surface area contributed by atoms with E-state index in [-0.39, 0.29) is 5.41 Å². The van der Waals surface area contributed by atoms with E-state index in [4.69, 9.17) is 9.97 Å². The van der Waals surface area contributed by atoms with Crippen molar-refractivity contribution in [3.63, 3.8) is 0 Å². The SMILES string of the molecule is CC1(C)c2cccc(-c3cccc(-c4ccc(-c5cc(-c6ccccc6)nc(-c6ccc(-c7ccccc7)cc6)n5)cc4)c3)c2-c2ccc3ccccc3c21. The highest BCUT2D eigenvalue weighted by atomic mass is 14.9. The molecule has 0 saturated heterocycles. The van der Waals surface area contributed by atoms with Gasteiger partial charge in [0.15, 0.2) is 5.82 Å². The van der Waals surface area contributed by atoms with Gasteiger partial charge in [-0.15, -0.1) is 0 Å². The number of benzene rings is 8. The summed E-state index contributed by atoms with van der Waals surface area (Å²) in [4.78, 5) is 10.2. The Balaban J connectivity index is 1.01. The molecule has 0 N–H and O–H groups in total. The highest BCUT2D eigenvalue weighted by Gasteiger charge is 2.38. The van der Waals surface area contributed by atoms with E-state index in [0.717, 1.165) is 28.1 Å². The van der Waals surface area contributed by atoms with Crippen LogP contribution in [0.2, 0.25) is 0 Å². The summed E-state index contributed by atoms with van der Waals surface area (Å²) in [6, 6.07) is 69.5. The minimum atomic E-state index is -0.0954. The van der Waals surface area contributed by atoms with Crippen molar-refractivity contribution in [3.05, 3.63) is 205 Å². The molecular formula is C53H38N2. The molecule has 0 aliphatic heterocycles. The van der Waals surface area contributed by atoms with Crippen LogP contribution in [0.5, 0.6) is 0 Å². The summed E-state index contributed by atoms with van der Waals surface area (Å²) in [5.41, 5.74) is 17.5. The number of hydrogen-bond donors (Lipinski definition) is 0. The number of hydrogen-bond acceptors (Lipinski definition) is 2. The van der Waals surface area contributed by atoms with E-state index in [0.29, 0.717) is 5.82 Å². The van der Waals surface area contributed by atoms with Gasteiger partial charge in [0.05, 0.1) is 11.4 Å². The normalized spacial score (nSPS) is 12.7. The van der Waals surface area contributed by atoms with Crippen molar-refractivity contribution in [1.82, 2.24) is 9.97 Å². The second-order valence-corrected chi connectivity index (χ2v) is 15.0. The fourth-order valence-electron chi connectivity index (χ4n) is 8.51. The van der Waals surface area contributed by atoms with Crippen molar-refractivity contribution >= 4 is 10.8 Å². The van der Waals surface area contributed by atoms with Gasteiger partial charge in [-0.2, -0.15) is 0 Å². The van der Waals surface area contributed by atoms with E-state index >= 15 is 0 Å². The average Bonchev–Trinajstić information content (AvgIpc) is 3.50. The lowest BCUT2D eigenvalue weighted by molar-refractivity contribution is 0.666. The molecule has 1 aromatic heterocycles. The van der Waals surface area contributed by atoms with Crippen LogP contribution in [0.15, 0.2) is 194 Å². The lowest BCUT2D eigenvalue weighted by Crippen LogP contribution is -2.15. The monoisotopic (exact) mass is 702 g/mol. The van der Waals surface area contributed by atoms with Gasteiger partial charge in [-0.05, 0) is 78.5 Å². The predicted octanol–water partition coefficient (Wildman–Crippen LogP) is 13.9. The maximum atomic E-state index is 5.13. The van der Waals surface area contributed by atoms with Crippen LogP contribution in [0.4, 0.5) is 0 Å². The van der Waals surface area contributed by atoms with Crippen molar-refractivity contribution in [2.75, 3.05) is 0 Å². The van der Waals surface area contributed by atoms with Crippen LogP contribution in [0.1, 0.15) is 25.0 Å². The molecule has 55 heavy (non-hydrogen) atoms. The number of rotatable bonds is 6. The lowest BCUT2D eigenvalue weighted by atomic mass is 9.80. The van der Waals surface area contributed by atoms with Gasteiger partial charge in [-0.3, -0.25) is 0 Å². The van der Waals surface area contributed by atoms with Crippen molar-refractivity contribution in [3.8, 4) is 78.4 Å². The minimum Gasteiger partial charge on any atom is -0.228 e. The molecule has 1 aliphatic rings. The first-order chi connectivity index (χ1) is 27.0. The van der Waals surface area contributed by atoms with Gasteiger partial charge in [0.2, 0.25) is 0 Å². The maximum absolute atomic E-state index is 5.13. The minimum absolute atomic E-state index is 0.0954. The van der Waals surface area contributed by atoms with Crippen molar-refractivity contribution < 1.29 is 0 Å². The van der Waals surface area contributed by atoms with E-state index in [1.54, 1.807) is 0 Å². The zero-order valence-corrected chi connectivity index (χ0v) is 30.9. The summed E-state index contributed by atoms with van der Waals surface area (Å²) in [5.74, 6) is 0.709. The Morgan fingerprint density at radius 1 is 0.364 bits per heavy atom. The highest BCUT2D eigenvalue weighted by Crippen LogP contribution is 2.54. The third-order valence-electron chi connectivity index (χ3n) is 11.3. The first-order valence-corrected chi connectivity index (χ1v) is 19.0. The molecule has 0 amide bonds. The van der Waals surface area contributed by atoms with Gasteiger partial charge in [0.1, 0.15) is 0 Å². The molecule has 9 aromatic rings. The van der Waals surface area contributed by atoms with Crippen LogP contribution in [0, 0.1) is 0 Å². The number of aromatic nitrogens is 2. The van der Waals surface area contributed by atoms with Crippen LogP contribution < -0.4 is 0 Å². The smallest absolute Gasteiger partial charge is 0.160 e. The molecule has 0 atom stereocenters. The first kappa shape index (κ1) is 32.7. The lowest BCUT2D eigenvalue weighted by Gasteiger charge is -2.23. The zero-order valence-electron chi connectivity index (χ0n) is 30.9. The third-order valence-corrected chi connectivity index (χ3v) is 11.3. The van der Waals surface area contributed by atoms with Crippen molar-refractivity contribution in [2.24, 2.45) is 0 Å². The Hall–Kier alpha value is -6.90. The van der Waals surface area contributed by atoms with Crippen LogP contribution in [0.3, 0.4) is 0 Å². The summed E-state index contributed by atoms with van der Waals surface area (Å²) >= 11 is 0. The molecule has 0 bridgehead atoms. The summed E-state index contributed by atoms with van der Waals surface area (Å²) in [6.07, 6.45) is 0. The molecule has 260 valence electrons. The van der Waals surface area contributed by atoms with E-state index in [1.165, 1.54) is 66.4 Å². The molecule has 2 heteroatoms. The predicted molar refractivity (Wildman–Crippen MR) is 230 cm³/mol. The van der Waals surface area contributed by atoms with Gasteiger partial charge in [-0.25, -0.2) is 9.97 Å². The Kier molecular flexibility index (Phi) is 7.85. The van der Waals surface area contributed by atoms with Crippen molar-refractivity contribution in [2.45, 2.75) is 19.3 Å². The van der Waals surface area contributed by atoms with E-state index in [9.17, 15) is 0 Å². The van der Waals surface area contributed by atoms with E-state index in [1.807, 2.05) is 12.1 Å². The number of fused-ring (bicyclic) bond motifs is 5. The molecule has 8 aromatic carbocycles. The van der Waals surface area contributed by atoms with Gasteiger partial charge < -0.3 is 0 Å². The van der Waals surface area contributed by atoms with Crippen LogP contribution in [0.25, 0.3) is 89.2 Å². The molecule has 1 aliphatic carbocycles. The second-order valence-electron chi connectivity index (χ2n) is 15.0. The molecule has 0 saturated carbocycles. The molecule has 0 spiro atoms. The summed E-state index contributed by atoms with van der Waals surface area (Å²) in [7, 11) is 0. The maximum Gasteiger partial charge on any atom is 0.160 e. The van der Waals surface area contributed by atoms with Crippen LogP contribution in [-0.4, -0.2) is 9.97 Å². The fourth-order valence-corrected chi connectivity index (χ4v) is 8.51. The van der Waals surface area contributed by atoms with Gasteiger partial charge in [0, 0.05) is 22.1 Å². The summed E-state index contributed by atoms with van der Waals surface area (Å²) in [6.45, 7) is 4.74. The molecular weight excluding hydrogens is 665 g/mol. The van der Waals surface area contributed by atoms with Gasteiger partial charge >= 0.3 is 0 Å². The topological polar surface area (TPSA) is 25.8 Å². The zero-order chi connectivity index (χ0) is 36.9. The first-order valence-electron chi connectivity index (χ1n) is 19.0. The Bertz CT molecular complexity index is 2850. The quantitative estimate of drug-likeness (QED) is 0.172. The molecule has 1 heterocycles. The molecule has 0 fully saturated rings. The molecule has 10 rings (SSSR count). The van der Waals surface area contributed by atoms with Gasteiger partial charge in [-0.1, -0.05) is 196 Å². The van der Waals surface area contributed by atoms with Crippen LogP contribution >= 0.6 is 0 Å². The Morgan fingerprint density at radius 2 is 0.891 bits per heavy atom. The molecule has 2 nitrogen and oxygen atoms in total. The highest BCUT2D eigenvalue weighted by molar-refractivity contribution is 6.01. The largest absolute Gasteiger partial charge is 0.228 e. The molecule has 0 unspecified atom stereocenters. The average molecular weight is 703 g/mol. The van der Waals surface area contributed by atoms with Gasteiger partial charge in [0.25, 0.3) is 0 Å². The molecule has 0 radical (unpaired) electrons. The Morgan fingerprint density at radius 3 is 1.62 bits per heavy atom. The number of nitrogens with zero attached hydrogens (tertiary/aromatic N) is 2. The second kappa shape index (κ2) is 13.2. The van der Waals surface area contributed by atoms with Crippen molar-refractivity contribution in [1.29, 1.82) is 0 Å². The summed E-state index contributed by atoms with van der Waals surface area (Å²) in [5, 5.41) is 2.63. The van der Waals surface area contributed by atoms with E-state index in [2.05, 4.69) is 196 Å². The standard InChI is InChI=1S/C53H38N2/c1-53(2)47-22-12-21-44(50(47)46-32-31-38-15-9-10-20-45(38)51(46)53)43-19-11-18-42(33-43)37-23-27-40(28-24-37)49-34-48(39-16-7-4-8-17-39)54-52(55-49)41-29-25-36(26-30-41)35-13-5-3-6-14-35/h3-34H,1-2H3.